The maximum atomic E-state index is 13.0. The number of nitrogens with zero attached hydrogens (tertiary/aromatic N) is 6. The lowest BCUT2D eigenvalue weighted by molar-refractivity contribution is 0.102. The lowest BCUT2D eigenvalue weighted by atomic mass is 9.92. The smallest absolute Gasteiger partial charge is 0.256 e. The van der Waals surface area contributed by atoms with E-state index in [1.807, 2.05) is 61.3 Å². The van der Waals surface area contributed by atoms with Gasteiger partial charge in [0.25, 0.3) is 5.91 Å². The Bertz CT molecular complexity index is 1360. The summed E-state index contributed by atoms with van der Waals surface area (Å²) in [5.41, 5.74) is 4.39. The molecular weight excluding hydrogens is 430 g/mol. The van der Waals surface area contributed by atoms with Gasteiger partial charge in [0.1, 0.15) is 23.2 Å². The molecule has 1 N–H and O–H groups in total. The van der Waals surface area contributed by atoms with Gasteiger partial charge in [-0.3, -0.25) is 14.5 Å². The number of anilines is 2. The predicted octanol–water partition coefficient (Wildman–Crippen LogP) is 3.59. The third-order valence-electron chi connectivity index (χ3n) is 6.13. The van der Waals surface area contributed by atoms with Gasteiger partial charge in [-0.2, -0.15) is 10.2 Å². The summed E-state index contributed by atoms with van der Waals surface area (Å²) in [5, 5.41) is 11.9. The van der Waals surface area contributed by atoms with Crippen molar-refractivity contribution in [1.82, 2.24) is 24.4 Å². The molecule has 0 atom stereocenters. The second kappa shape index (κ2) is 8.16. The molecule has 1 aromatic carbocycles. The normalized spacial score (nSPS) is 14.3. The molecule has 0 bridgehead atoms. The van der Waals surface area contributed by atoms with E-state index >= 15 is 0 Å². The van der Waals surface area contributed by atoms with Crippen molar-refractivity contribution < 1.29 is 9.53 Å². The largest absolute Gasteiger partial charge is 0.486 e. The van der Waals surface area contributed by atoms with Gasteiger partial charge < -0.3 is 15.0 Å². The molecule has 1 saturated heterocycles. The Hall–Kier alpha value is -3.88. The summed E-state index contributed by atoms with van der Waals surface area (Å²) in [6, 6.07) is 7.47. The molecular formula is C25H29N7O2. The first-order valence-electron chi connectivity index (χ1n) is 11.3. The highest BCUT2D eigenvalue weighted by Gasteiger charge is 2.31. The van der Waals surface area contributed by atoms with Gasteiger partial charge in [-0.05, 0) is 24.6 Å². The topological polar surface area (TPSA) is 89.6 Å². The van der Waals surface area contributed by atoms with E-state index < -0.39 is 0 Å². The minimum absolute atomic E-state index is 0.0371. The third kappa shape index (κ3) is 4.09. The maximum Gasteiger partial charge on any atom is 0.256 e. The van der Waals surface area contributed by atoms with Gasteiger partial charge in [0.15, 0.2) is 0 Å². The van der Waals surface area contributed by atoms with Crippen LogP contribution in [0.2, 0.25) is 0 Å². The number of ether oxygens (including phenoxy) is 1. The van der Waals surface area contributed by atoms with E-state index in [1.54, 1.807) is 10.9 Å². The van der Waals surface area contributed by atoms with Crippen molar-refractivity contribution in [1.29, 1.82) is 0 Å². The van der Waals surface area contributed by atoms with E-state index in [0.717, 1.165) is 41.3 Å². The van der Waals surface area contributed by atoms with Crippen LogP contribution < -0.4 is 15.0 Å². The van der Waals surface area contributed by atoms with Gasteiger partial charge in [-0.15, -0.1) is 0 Å². The summed E-state index contributed by atoms with van der Waals surface area (Å²) in [4.78, 5) is 19.4. The number of carbonyl (C=O) groups excluding carboxylic acids is 1. The Balaban J connectivity index is 1.26. The Morgan fingerprint density at radius 3 is 2.71 bits per heavy atom. The van der Waals surface area contributed by atoms with Crippen LogP contribution in [-0.2, 0) is 12.5 Å². The summed E-state index contributed by atoms with van der Waals surface area (Å²) >= 11 is 0. The first-order valence-corrected chi connectivity index (χ1v) is 11.3. The molecule has 0 saturated carbocycles. The number of hydrogen-bond donors (Lipinski definition) is 1. The van der Waals surface area contributed by atoms with Crippen LogP contribution in [0, 0.1) is 6.92 Å². The quantitative estimate of drug-likeness (QED) is 0.491. The molecule has 5 rings (SSSR count). The summed E-state index contributed by atoms with van der Waals surface area (Å²) in [6.45, 7) is 9.77. The average molecular weight is 460 g/mol. The fourth-order valence-corrected chi connectivity index (χ4v) is 3.96. The van der Waals surface area contributed by atoms with E-state index in [4.69, 9.17) is 4.74 Å². The highest BCUT2D eigenvalue weighted by molar-refractivity contribution is 6.04. The monoisotopic (exact) mass is 459 g/mol. The molecule has 4 aromatic rings. The lowest BCUT2D eigenvalue weighted by Crippen LogP contribution is -2.54. The summed E-state index contributed by atoms with van der Waals surface area (Å²) in [6.07, 6.45) is 7.26. The summed E-state index contributed by atoms with van der Waals surface area (Å²) < 4.78 is 9.77. The third-order valence-corrected chi connectivity index (χ3v) is 6.13. The molecule has 1 aliphatic heterocycles. The van der Waals surface area contributed by atoms with E-state index in [1.165, 1.54) is 0 Å². The highest BCUT2D eigenvalue weighted by atomic mass is 16.5. The molecule has 34 heavy (non-hydrogen) atoms. The molecule has 0 radical (unpaired) electrons. The van der Waals surface area contributed by atoms with Gasteiger partial charge in [0.05, 0.1) is 36.9 Å². The SMILES string of the molecule is Cc1ccc(C(=O)Nc2cc(C(C)(C)C)nn2C)cc1OC1CN(c2cnn3ccncc23)C1. The molecule has 1 amide bonds. The number of aromatic nitrogens is 5. The van der Waals surface area contributed by atoms with Gasteiger partial charge in [0.2, 0.25) is 0 Å². The first-order chi connectivity index (χ1) is 16.2. The van der Waals surface area contributed by atoms with Crippen molar-refractivity contribution in [3.05, 3.63) is 65.9 Å². The number of hydrogen-bond acceptors (Lipinski definition) is 6. The molecule has 9 heteroatoms. The van der Waals surface area contributed by atoms with Crippen molar-refractivity contribution in [3.8, 4) is 5.75 Å². The number of fused-ring (bicyclic) bond motifs is 1. The van der Waals surface area contributed by atoms with Crippen LogP contribution in [-0.4, -0.2) is 49.5 Å². The van der Waals surface area contributed by atoms with E-state index in [-0.39, 0.29) is 17.4 Å². The van der Waals surface area contributed by atoms with Crippen molar-refractivity contribution in [2.45, 2.75) is 39.2 Å². The van der Waals surface area contributed by atoms with Crippen LogP contribution in [0.4, 0.5) is 11.5 Å². The minimum atomic E-state index is -0.192. The van der Waals surface area contributed by atoms with Gasteiger partial charge in [-0.25, -0.2) is 4.52 Å². The lowest BCUT2D eigenvalue weighted by Gasteiger charge is -2.40. The van der Waals surface area contributed by atoms with Crippen LogP contribution >= 0.6 is 0 Å². The molecule has 0 spiro atoms. The van der Waals surface area contributed by atoms with Crippen LogP contribution in [0.1, 0.15) is 42.4 Å². The predicted molar refractivity (Wildman–Crippen MR) is 131 cm³/mol. The minimum Gasteiger partial charge on any atom is -0.486 e. The second-order valence-electron chi connectivity index (χ2n) is 9.80. The Morgan fingerprint density at radius 1 is 1.18 bits per heavy atom. The maximum absolute atomic E-state index is 13.0. The Morgan fingerprint density at radius 2 is 1.97 bits per heavy atom. The van der Waals surface area contributed by atoms with Gasteiger partial charge >= 0.3 is 0 Å². The van der Waals surface area contributed by atoms with E-state index in [9.17, 15) is 4.79 Å². The molecule has 0 aliphatic carbocycles. The second-order valence-corrected chi connectivity index (χ2v) is 9.80. The van der Waals surface area contributed by atoms with Crippen LogP contribution in [0.15, 0.2) is 49.1 Å². The van der Waals surface area contributed by atoms with Crippen LogP contribution in [0.5, 0.6) is 5.75 Å². The Labute approximate surface area is 198 Å². The van der Waals surface area contributed by atoms with Crippen molar-refractivity contribution in [3.63, 3.8) is 0 Å². The van der Waals surface area contributed by atoms with E-state index in [2.05, 4.69) is 46.2 Å². The number of amides is 1. The zero-order valence-electron chi connectivity index (χ0n) is 20.1. The number of rotatable bonds is 5. The van der Waals surface area contributed by atoms with Crippen molar-refractivity contribution >= 4 is 22.9 Å². The van der Waals surface area contributed by atoms with Crippen LogP contribution in [0.3, 0.4) is 0 Å². The zero-order chi connectivity index (χ0) is 24.0. The average Bonchev–Trinajstić information content (AvgIpc) is 3.35. The molecule has 176 valence electrons. The molecule has 9 nitrogen and oxygen atoms in total. The summed E-state index contributed by atoms with van der Waals surface area (Å²) in [5.74, 6) is 1.19. The number of aryl methyl sites for hydroxylation is 2. The zero-order valence-corrected chi connectivity index (χ0v) is 20.1. The van der Waals surface area contributed by atoms with Gasteiger partial charge in [0, 0.05) is 36.5 Å². The standard InChI is InChI=1S/C25H29N7O2/c1-16-6-7-17(24(33)28-23-11-22(25(2,3)4)29-30(23)5)10-21(16)34-18-14-31(15-18)19-13-27-32-9-8-26-12-20(19)32/h6-13,18H,14-15H2,1-5H3,(H,28,33). The van der Waals surface area contributed by atoms with E-state index in [0.29, 0.717) is 11.4 Å². The molecule has 0 unspecified atom stereocenters. The molecule has 3 aromatic heterocycles. The molecule has 1 aliphatic rings. The summed E-state index contributed by atoms with van der Waals surface area (Å²) in [7, 11) is 1.83. The van der Waals surface area contributed by atoms with Crippen molar-refractivity contribution in [2.75, 3.05) is 23.3 Å². The number of carbonyl (C=O) groups is 1. The Kier molecular flexibility index (Phi) is 5.27. The molecule has 4 heterocycles. The fraction of sp³-hybridized carbons (Fsp3) is 0.360. The van der Waals surface area contributed by atoms with Crippen molar-refractivity contribution in [2.24, 2.45) is 7.05 Å². The molecule has 1 fully saturated rings. The number of nitrogens with one attached hydrogen (secondary N) is 1. The first kappa shape index (κ1) is 21.9. The number of benzene rings is 1. The fourth-order valence-electron chi connectivity index (χ4n) is 3.96. The highest BCUT2D eigenvalue weighted by Crippen LogP contribution is 2.29. The van der Waals surface area contributed by atoms with Gasteiger partial charge in [-0.1, -0.05) is 26.8 Å². The van der Waals surface area contributed by atoms with Crippen LogP contribution in [0.25, 0.3) is 5.52 Å².